The van der Waals surface area contributed by atoms with E-state index in [1.54, 1.807) is 55.5 Å². The number of carbonyl (C=O) groups is 1. The van der Waals surface area contributed by atoms with E-state index in [-0.39, 0.29) is 6.54 Å². The lowest BCUT2D eigenvalue weighted by atomic mass is 10.2. The van der Waals surface area contributed by atoms with Gasteiger partial charge in [-0.05, 0) is 36.8 Å². The van der Waals surface area contributed by atoms with Crippen molar-refractivity contribution in [3.05, 3.63) is 64.6 Å². The van der Waals surface area contributed by atoms with E-state index < -0.39 is 30.9 Å². The SMILES string of the molecule is CCn1c(=O)n(CC(=O)N(Cc2ccc(OC)cc2)CC(F)(F)F)c2ccccc21. The average molecular weight is 421 g/mol. The number of ether oxygens (including phenoxy) is 1. The van der Waals surface area contributed by atoms with Gasteiger partial charge in [0.05, 0.1) is 18.1 Å². The van der Waals surface area contributed by atoms with Crippen LogP contribution in [0.25, 0.3) is 11.0 Å². The van der Waals surface area contributed by atoms with Crippen molar-refractivity contribution < 1.29 is 22.7 Å². The summed E-state index contributed by atoms with van der Waals surface area (Å²) >= 11 is 0. The summed E-state index contributed by atoms with van der Waals surface area (Å²) in [5, 5.41) is 0. The van der Waals surface area contributed by atoms with Crippen molar-refractivity contribution in [2.75, 3.05) is 13.7 Å². The molecule has 0 saturated heterocycles. The number of aryl methyl sites for hydroxylation is 1. The fraction of sp³-hybridized carbons (Fsp3) is 0.333. The highest BCUT2D eigenvalue weighted by Crippen LogP contribution is 2.20. The Labute approximate surface area is 171 Å². The number of carbonyl (C=O) groups excluding carboxylic acids is 1. The molecule has 30 heavy (non-hydrogen) atoms. The molecule has 9 heteroatoms. The molecular formula is C21H22F3N3O3. The van der Waals surface area contributed by atoms with E-state index in [0.29, 0.717) is 33.8 Å². The van der Waals surface area contributed by atoms with Crippen LogP contribution in [0.1, 0.15) is 12.5 Å². The third-order valence-corrected chi connectivity index (χ3v) is 4.79. The fourth-order valence-electron chi connectivity index (χ4n) is 3.37. The summed E-state index contributed by atoms with van der Waals surface area (Å²) in [5.41, 5.74) is 1.24. The van der Waals surface area contributed by atoms with Gasteiger partial charge in [-0.15, -0.1) is 0 Å². The molecule has 6 nitrogen and oxygen atoms in total. The summed E-state index contributed by atoms with van der Waals surface area (Å²) in [7, 11) is 1.49. The van der Waals surface area contributed by atoms with E-state index >= 15 is 0 Å². The largest absolute Gasteiger partial charge is 0.497 e. The number of aromatic nitrogens is 2. The zero-order chi connectivity index (χ0) is 21.9. The number of benzene rings is 2. The number of hydrogen-bond acceptors (Lipinski definition) is 3. The molecule has 0 aliphatic rings. The van der Waals surface area contributed by atoms with Gasteiger partial charge in [-0.25, -0.2) is 4.79 Å². The molecule has 0 fully saturated rings. The highest BCUT2D eigenvalue weighted by molar-refractivity contribution is 5.81. The molecule has 0 spiro atoms. The molecule has 1 amide bonds. The lowest BCUT2D eigenvalue weighted by Crippen LogP contribution is -2.41. The molecule has 0 radical (unpaired) electrons. The van der Waals surface area contributed by atoms with E-state index in [1.165, 1.54) is 16.2 Å². The third kappa shape index (κ3) is 4.67. The Morgan fingerprint density at radius 1 is 1.03 bits per heavy atom. The molecule has 0 aliphatic carbocycles. The molecule has 1 aromatic heterocycles. The molecule has 1 heterocycles. The molecule has 0 N–H and O–H groups in total. The second-order valence-corrected chi connectivity index (χ2v) is 6.81. The van der Waals surface area contributed by atoms with E-state index in [2.05, 4.69) is 0 Å². The number of amides is 1. The van der Waals surface area contributed by atoms with Crippen LogP contribution in [0.4, 0.5) is 13.2 Å². The first-order valence-corrected chi connectivity index (χ1v) is 9.39. The lowest BCUT2D eigenvalue weighted by molar-refractivity contribution is -0.162. The number of nitrogens with zero attached hydrogens (tertiary/aromatic N) is 3. The highest BCUT2D eigenvalue weighted by atomic mass is 19.4. The van der Waals surface area contributed by atoms with Crippen LogP contribution in [0.15, 0.2) is 53.3 Å². The van der Waals surface area contributed by atoms with Crippen LogP contribution in [0.3, 0.4) is 0 Å². The van der Waals surface area contributed by atoms with Crippen molar-refractivity contribution in [2.24, 2.45) is 0 Å². The summed E-state index contributed by atoms with van der Waals surface area (Å²) < 4.78 is 47.1. The molecule has 3 rings (SSSR count). The van der Waals surface area contributed by atoms with Gasteiger partial charge in [0.1, 0.15) is 18.8 Å². The summed E-state index contributed by atoms with van der Waals surface area (Å²) in [6, 6.07) is 13.3. The maximum Gasteiger partial charge on any atom is 0.406 e. The first kappa shape index (κ1) is 21.5. The van der Waals surface area contributed by atoms with Gasteiger partial charge < -0.3 is 9.64 Å². The molecule has 160 valence electrons. The maximum atomic E-state index is 13.1. The van der Waals surface area contributed by atoms with Gasteiger partial charge in [-0.3, -0.25) is 13.9 Å². The summed E-state index contributed by atoms with van der Waals surface area (Å²) in [6.07, 6.45) is -4.56. The maximum absolute atomic E-state index is 13.1. The van der Waals surface area contributed by atoms with E-state index in [0.717, 1.165) is 0 Å². The molecule has 0 unspecified atom stereocenters. The van der Waals surface area contributed by atoms with Crippen LogP contribution in [0, 0.1) is 0 Å². The molecule has 0 aliphatic heterocycles. The number of alkyl halides is 3. The van der Waals surface area contributed by atoms with Gasteiger partial charge in [0.2, 0.25) is 5.91 Å². The summed E-state index contributed by atoms with van der Waals surface area (Å²) in [6.45, 7) is 0.0689. The predicted molar refractivity (Wildman–Crippen MR) is 106 cm³/mol. The van der Waals surface area contributed by atoms with Crippen LogP contribution in [0.2, 0.25) is 0 Å². The van der Waals surface area contributed by atoms with Gasteiger partial charge in [0.25, 0.3) is 0 Å². The number of para-hydroxylation sites is 2. The molecule has 0 saturated carbocycles. The Morgan fingerprint density at radius 3 is 2.17 bits per heavy atom. The fourth-order valence-corrected chi connectivity index (χ4v) is 3.37. The van der Waals surface area contributed by atoms with E-state index in [1.807, 2.05) is 0 Å². The van der Waals surface area contributed by atoms with Gasteiger partial charge in [-0.2, -0.15) is 13.2 Å². The van der Waals surface area contributed by atoms with E-state index in [4.69, 9.17) is 4.74 Å². The number of hydrogen-bond donors (Lipinski definition) is 0. The molecule has 0 atom stereocenters. The van der Waals surface area contributed by atoms with Crippen LogP contribution >= 0.6 is 0 Å². The van der Waals surface area contributed by atoms with Gasteiger partial charge in [-0.1, -0.05) is 24.3 Å². The lowest BCUT2D eigenvalue weighted by Gasteiger charge is -2.24. The van der Waals surface area contributed by atoms with Crippen molar-refractivity contribution in [2.45, 2.75) is 32.7 Å². The number of fused-ring (bicyclic) bond motifs is 1. The van der Waals surface area contributed by atoms with Crippen LogP contribution in [-0.2, 0) is 24.4 Å². The minimum atomic E-state index is -4.56. The Morgan fingerprint density at radius 2 is 1.63 bits per heavy atom. The van der Waals surface area contributed by atoms with Gasteiger partial charge in [0.15, 0.2) is 0 Å². The van der Waals surface area contributed by atoms with Gasteiger partial charge >= 0.3 is 11.9 Å². The first-order valence-electron chi connectivity index (χ1n) is 9.39. The molecule has 3 aromatic rings. The number of imidazole rings is 1. The number of methoxy groups -OCH3 is 1. The average Bonchev–Trinajstić information content (AvgIpc) is 2.98. The number of halogens is 3. The third-order valence-electron chi connectivity index (χ3n) is 4.79. The molecular weight excluding hydrogens is 399 g/mol. The van der Waals surface area contributed by atoms with Gasteiger partial charge in [0, 0.05) is 13.1 Å². The Balaban J connectivity index is 1.91. The van der Waals surface area contributed by atoms with Crippen molar-refractivity contribution in [3.63, 3.8) is 0 Å². The minimum Gasteiger partial charge on any atom is -0.497 e. The van der Waals surface area contributed by atoms with Crippen LogP contribution in [0.5, 0.6) is 5.75 Å². The van der Waals surface area contributed by atoms with Crippen LogP contribution in [-0.4, -0.2) is 39.8 Å². The molecule has 2 aromatic carbocycles. The smallest absolute Gasteiger partial charge is 0.406 e. The van der Waals surface area contributed by atoms with Crippen LogP contribution < -0.4 is 10.4 Å². The number of rotatable bonds is 7. The normalized spacial score (nSPS) is 11.6. The zero-order valence-electron chi connectivity index (χ0n) is 16.6. The van der Waals surface area contributed by atoms with Crippen molar-refractivity contribution in [1.29, 1.82) is 0 Å². The summed E-state index contributed by atoms with van der Waals surface area (Å²) in [5.74, 6) is -0.226. The van der Waals surface area contributed by atoms with Crippen molar-refractivity contribution >= 4 is 16.9 Å². The van der Waals surface area contributed by atoms with E-state index in [9.17, 15) is 22.8 Å². The molecule has 0 bridgehead atoms. The zero-order valence-corrected chi connectivity index (χ0v) is 16.6. The second-order valence-electron chi connectivity index (χ2n) is 6.81. The highest BCUT2D eigenvalue weighted by Gasteiger charge is 2.33. The second kappa shape index (κ2) is 8.64. The Bertz CT molecular complexity index is 1080. The Kier molecular flexibility index (Phi) is 6.19. The van der Waals surface area contributed by atoms with Crippen molar-refractivity contribution in [3.8, 4) is 5.75 Å². The monoisotopic (exact) mass is 421 g/mol. The van der Waals surface area contributed by atoms with Crippen molar-refractivity contribution in [1.82, 2.24) is 14.0 Å². The minimum absolute atomic E-state index is 0.233. The predicted octanol–water partition coefficient (Wildman–Crippen LogP) is 3.42. The quantitative estimate of drug-likeness (QED) is 0.588. The summed E-state index contributed by atoms with van der Waals surface area (Å²) in [4.78, 5) is 26.3. The Hall–Kier alpha value is -3.23. The first-order chi connectivity index (χ1) is 14.2. The standard InChI is InChI=1S/C21H22F3N3O3/c1-3-26-17-6-4-5-7-18(17)27(20(26)29)13-19(28)25(14-21(22,23)24)12-15-8-10-16(30-2)11-9-15/h4-11H,3,12-14H2,1-2H3. The topological polar surface area (TPSA) is 56.5 Å².